The molecule has 12 heteroatoms. The monoisotopic (exact) mass is 454 g/mol. The van der Waals surface area contributed by atoms with E-state index < -0.39 is 44.6 Å². The summed E-state index contributed by atoms with van der Waals surface area (Å²) in [5.74, 6) is -1.38. The highest BCUT2D eigenvalue weighted by Gasteiger charge is 2.53. The van der Waals surface area contributed by atoms with Gasteiger partial charge in [0.1, 0.15) is 11.7 Å². The molecular formula is C21H18N4O8. The summed E-state index contributed by atoms with van der Waals surface area (Å²) >= 11 is 0. The van der Waals surface area contributed by atoms with E-state index in [2.05, 4.69) is 10.5 Å². The lowest BCUT2D eigenvalue weighted by molar-refractivity contribution is -0.394. The molecule has 1 aromatic carbocycles. The standard InChI is InChI=1S/C21H18N4O8/c1-21-7-2-3-12(17(21)20(27)33-18(21)13-6-8-32-11-13)10-22-23-19(26)15-5-4-14(24(28)29)9-16(15)25(30)31/h4-6,8-11,18H,2-3,7H2,1H3,(H,23,26)/b22-10+/t18-,21+/m0/s1. The Hall–Kier alpha value is -4.35. The van der Waals surface area contributed by atoms with Crippen LogP contribution in [0, 0.1) is 25.6 Å². The number of cyclic esters (lactones) is 1. The number of benzene rings is 1. The highest BCUT2D eigenvalue weighted by atomic mass is 16.6. The number of rotatable bonds is 6. The lowest BCUT2D eigenvalue weighted by Crippen LogP contribution is -2.27. The van der Waals surface area contributed by atoms with Gasteiger partial charge in [0, 0.05) is 17.0 Å². The number of fused-ring (bicyclic) bond motifs is 1. The first-order valence-corrected chi connectivity index (χ1v) is 9.95. The number of nitro groups is 2. The van der Waals surface area contributed by atoms with Crippen molar-refractivity contribution in [2.24, 2.45) is 10.5 Å². The molecule has 2 aromatic rings. The first-order chi connectivity index (χ1) is 15.7. The highest BCUT2D eigenvalue weighted by molar-refractivity contribution is 6.01. The summed E-state index contributed by atoms with van der Waals surface area (Å²) in [7, 11) is 0. The quantitative estimate of drug-likeness (QED) is 0.299. The van der Waals surface area contributed by atoms with Crippen LogP contribution in [0.2, 0.25) is 0 Å². The van der Waals surface area contributed by atoms with E-state index in [-0.39, 0.29) is 5.56 Å². The Labute approximate surface area is 186 Å². The van der Waals surface area contributed by atoms with Crippen molar-refractivity contribution in [2.45, 2.75) is 32.3 Å². The topological polar surface area (TPSA) is 167 Å². The second-order valence-corrected chi connectivity index (χ2v) is 7.93. The number of hydrazone groups is 1. The Kier molecular flexibility index (Phi) is 5.50. The van der Waals surface area contributed by atoms with Crippen molar-refractivity contribution in [3.8, 4) is 0 Å². The van der Waals surface area contributed by atoms with Gasteiger partial charge < -0.3 is 9.15 Å². The molecule has 0 unspecified atom stereocenters. The molecule has 1 fully saturated rings. The number of nitrogens with one attached hydrogen (secondary N) is 1. The largest absolute Gasteiger partial charge is 0.472 e. The normalized spacial score (nSPS) is 22.2. The van der Waals surface area contributed by atoms with Gasteiger partial charge in [-0.1, -0.05) is 6.92 Å². The van der Waals surface area contributed by atoms with E-state index in [0.29, 0.717) is 30.1 Å². The number of esters is 1. The maximum absolute atomic E-state index is 12.7. The van der Waals surface area contributed by atoms with Crippen molar-refractivity contribution < 1.29 is 28.6 Å². The van der Waals surface area contributed by atoms with Gasteiger partial charge >= 0.3 is 5.97 Å². The third-order valence-corrected chi connectivity index (χ3v) is 5.91. The number of carbonyl (C=O) groups excluding carboxylic acids is 2. The van der Waals surface area contributed by atoms with Crippen molar-refractivity contribution in [3.05, 3.63) is 79.3 Å². The summed E-state index contributed by atoms with van der Waals surface area (Å²) in [4.78, 5) is 45.5. The number of hydrogen-bond acceptors (Lipinski definition) is 9. The maximum atomic E-state index is 12.7. The zero-order valence-electron chi connectivity index (χ0n) is 17.3. The van der Waals surface area contributed by atoms with E-state index in [4.69, 9.17) is 9.15 Å². The van der Waals surface area contributed by atoms with Crippen LogP contribution in [-0.4, -0.2) is 27.9 Å². The maximum Gasteiger partial charge on any atom is 0.335 e. The van der Waals surface area contributed by atoms with Crippen LogP contribution in [-0.2, 0) is 9.53 Å². The van der Waals surface area contributed by atoms with Crippen LogP contribution < -0.4 is 5.43 Å². The molecule has 1 aliphatic carbocycles. The predicted octanol–water partition coefficient (Wildman–Crippen LogP) is 3.60. The molecule has 4 rings (SSSR count). The minimum Gasteiger partial charge on any atom is -0.472 e. The molecule has 33 heavy (non-hydrogen) atoms. The van der Waals surface area contributed by atoms with Crippen LogP contribution in [0.5, 0.6) is 0 Å². The summed E-state index contributed by atoms with van der Waals surface area (Å²) in [6.45, 7) is 1.93. The van der Waals surface area contributed by atoms with Gasteiger partial charge in [0.05, 0.1) is 40.2 Å². The number of nitro benzene ring substituents is 2. The fourth-order valence-electron chi connectivity index (χ4n) is 4.38. The average Bonchev–Trinajstić information content (AvgIpc) is 3.39. The summed E-state index contributed by atoms with van der Waals surface area (Å²) in [5, 5.41) is 26.0. The van der Waals surface area contributed by atoms with Crippen LogP contribution in [0.4, 0.5) is 11.4 Å². The number of hydrogen-bond donors (Lipinski definition) is 1. The van der Waals surface area contributed by atoms with Crippen molar-refractivity contribution in [2.75, 3.05) is 0 Å². The van der Waals surface area contributed by atoms with Crippen LogP contribution >= 0.6 is 0 Å². The molecular weight excluding hydrogens is 436 g/mol. The molecule has 2 atom stereocenters. The molecule has 1 amide bonds. The number of carbonyl (C=O) groups is 2. The first kappa shape index (κ1) is 21.9. The second-order valence-electron chi connectivity index (χ2n) is 7.93. The SMILES string of the molecule is C[C@@]12CCCC(/C=N/NC(=O)c3ccc([N+](=O)[O-])cc3[N+](=O)[O-])=C1C(=O)O[C@H]2c1ccoc1. The van der Waals surface area contributed by atoms with Gasteiger partial charge in [0.25, 0.3) is 17.3 Å². The molecule has 1 N–H and O–H groups in total. The summed E-state index contributed by atoms with van der Waals surface area (Å²) < 4.78 is 10.7. The van der Waals surface area contributed by atoms with Gasteiger partial charge in [-0.15, -0.1) is 0 Å². The number of amides is 1. The van der Waals surface area contributed by atoms with E-state index >= 15 is 0 Å². The van der Waals surface area contributed by atoms with Crippen molar-refractivity contribution >= 4 is 29.5 Å². The Morgan fingerprint density at radius 2 is 2.06 bits per heavy atom. The van der Waals surface area contributed by atoms with Crippen LogP contribution in [0.25, 0.3) is 0 Å². The van der Waals surface area contributed by atoms with E-state index in [1.165, 1.54) is 18.7 Å². The molecule has 0 radical (unpaired) electrons. The Balaban J connectivity index is 1.58. The van der Waals surface area contributed by atoms with E-state index in [9.17, 15) is 29.8 Å². The number of allylic oxidation sites excluding steroid dienone is 1. The van der Waals surface area contributed by atoms with Gasteiger partial charge in [-0.25, -0.2) is 10.2 Å². The van der Waals surface area contributed by atoms with Crippen LogP contribution in [0.15, 0.2) is 57.5 Å². The first-order valence-electron chi connectivity index (χ1n) is 9.95. The Bertz CT molecular complexity index is 1220. The molecule has 1 saturated heterocycles. The number of ether oxygens (including phenoxy) is 1. The second kappa shape index (κ2) is 8.30. The summed E-state index contributed by atoms with van der Waals surface area (Å²) in [5.41, 5.74) is 1.80. The van der Waals surface area contributed by atoms with Gasteiger partial charge in [-0.3, -0.25) is 25.0 Å². The van der Waals surface area contributed by atoms with Crippen molar-refractivity contribution in [1.82, 2.24) is 5.43 Å². The molecule has 2 heterocycles. The zero-order chi connectivity index (χ0) is 23.8. The van der Waals surface area contributed by atoms with E-state index in [0.717, 1.165) is 24.1 Å². The molecule has 12 nitrogen and oxygen atoms in total. The fourth-order valence-corrected chi connectivity index (χ4v) is 4.38. The Morgan fingerprint density at radius 1 is 1.27 bits per heavy atom. The molecule has 1 aliphatic heterocycles. The smallest absolute Gasteiger partial charge is 0.335 e. The Morgan fingerprint density at radius 3 is 2.73 bits per heavy atom. The zero-order valence-corrected chi connectivity index (χ0v) is 17.3. The molecule has 2 aliphatic rings. The third-order valence-electron chi connectivity index (χ3n) is 5.91. The van der Waals surface area contributed by atoms with Crippen LogP contribution in [0.1, 0.15) is 48.2 Å². The predicted molar refractivity (Wildman–Crippen MR) is 112 cm³/mol. The molecule has 0 bridgehead atoms. The number of nitrogens with zero attached hydrogens (tertiary/aromatic N) is 3. The summed E-state index contributed by atoms with van der Waals surface area (Å²) in [6, 6.07) is 4.43. The lowest BCUT2D eigenvalue weighted by atomic mass is 9.68. The third kappa shape index (κ3) is 3.86. The summed E-state index contributed by atoms with van der Waals surface area (Å²) in [6.07, 6.45) is 5.88. The number of non-ortho nitro benzene ring substituents is 1. The minimum absolute atomic E-state index is 0.380. The van der Waals surface area contributed by atoms with Crippen molar-refractivity contribution in [3.63, 3.8) is 0 Å². The van der Waals surface area contributed by atoms with Gasteiger partial charge in [-0.05, 0) is 37.0 Å². The van der Waals surface area contributed by atoms with Gasteiger partial charge in [0.15, 0.2) is 0 Å². The molecule has 0 spiro atoms. The van der Waals surface area contributed by atoms with Crippen molar-refractivity contribution in [1.29, 1.82) is 0 Å². The van der Waals surface area contributed by atoms with E-state index in [1.807, 2.05) is 6.92 Å². The highest BCUT2D eigenvalue weighted by Crippen LogP contribution is 2.55. The van der Waals surface area contributed by atoms with Crippen LogP contribution in [0.3, 0.4) is 0 Å². The molecule has 1 aromatic heterocycles. The van der Waals surface area contributed by atoms with E-state index in [1.54, 1.807) is 6.07 Å². The minimum atomic E-state index is -0.915. The molecule has 0 saturated carbocycles. The molecule has 170 valence electrons. The van der Waals surface area contributed by atoms with Gasteiger partial charge in [0.2, 0.25) is 0 Å². The van der Waals surface area contributed by atoms with Gasteiger partial charge in [-0.2, -0.15) is 5.10 Å². The number of furan rings is 1. The lowest BCUT2D eigenvalue weighted by Gasteiger charge is -2.33. The fraction of sp³-hybridized carbons (Fsp3) is 0.286. The average molecular weight is 454 g/mol.